The summed E-state index contributed by atoms with van der Waals surface area (Å²) < 4.78 is 10.7. The first-order valence-electron chi connectivity index (χ1n) is 7.40. The summed E-state index contributed by atoms with van der Waals surface area (Å²) in [4.78, 5) is 25.4. The Hall–Kier alpha value is -2.76. The second kappa shape index (κ2) is 8.03. The molecule has 2 amide bonds. The Morgan fingerprint density at radius 3 is 2.65 bits per heavy atom. The third-order valence-corrected chi connectivity index (χ3v) is 3.18. The van der Waals surface area contributed by atoms with Crippen molar-refractivity contribution in [3.63, 3.8) is 0 Å². The average Bonchev–Trinajstić information content (AvgIpc) is 3.05. The molecule has 0 unspecified atom stereocenters. The fraction of sp³-hybridized carbons (Fsp3) is 0.294. The maximum absolute atomic E-state index is 12.1. The Bertz CT molecular complexity index is 652. The van der Waals surface area contributed by atoms with E-state index in [1.807, 2.05) is 13.0 Å². The number of benzene rings is 1. The number of carbonyl (C=O) groups is 2. The molecular weight excluding hydrogens is 296 g/mol. The molecule has 0 atom stereocenters. The fourth-order valence-corrected chi connectivity index (χ4v) is 2.12. The van der Waals surface area contributed by atoms with Crippen molar-refractivity contribution in [1.82, 2.24) is 5.32 Å². The standard InChI is InChI=1S/C17H20N2O4/c1-3-22-16-9-5-4-8-15(16)19(13(2)20)12-17(21)18-11-14-7-6-10-23-14/h4-10H,3,11-12H2,1-2H3,(H,18,21). The second-order valence-corrected chi connectivity index (χ2v) is 4.86. The highest BCUT2D eigenvalue weighted by molar-refractivity contribution is 5.98. The van der Waals surface area contributed by atoms with Crippen molar-refractivity contribution in [3.05, 3.63) is 48.4 Å². The normalized spacial score (nSPS) is 10.2. The number of nitrogens with zero attached hydrogens (tertiary/aromatic N) is 1. The number of ether oxygens (including phenoxy) is 1. The third kappa shape index (κ3) is 4.60. The van der Waals surface area contributed by atoms with E-state index in [2.05, 4.69) is 5.32 Å². The van der Waals surface area contributed by atoms with Gasteiger partial charge < -0.3 is 14.5 Å². The first-order chi connectivity index (χ1) is 11.1. The molecule has 0 bridgehead atoms. The van der Waals surface area contributed by atoms with Crippen molar-refractivity contribution in [3.8, 4) is 5.75 Å². The number of hydrogen-bond donors (Lipinski definition) is 1. The molecule has 2 rings (SSSR count). The zero-order valence-corrected chi connectivity index (χ0v) is 13.2. The summed E-state index contributed by atoms with van der Waals surface area (Å²) in [6, 6.07) is 10.7. The van der Waals surface area contributed by atoms with Crippen LogP contribution in [0.1, 0.15) is 19.6 Å². The van der Waals surface area contributed by atoms with Crippen molar-refractivity contribution >= 4 is 17.5 Å². The Labute approximate surface area is 135 Å². The lowest BCUT2D eigenvalue weighted by Crippen LogP contribution is -2.39. The van der Waals surface area contributed by atoms with Crippen molar-refractivity contribution in [2.45, 2.75) is 20.4 Å². The smallest absolute Gasteiger partial charge is 0.240 e. The summed E-state index contributed by atoms with van der Waals surface area (Å²) in [5.74, 6) is 0.722. The maximum Gasteiger partial charge on any atom is 0.240 e. The van der Waals surface area contributed by atoms with Gasteiger partial charge in [0, 0.05) is 6.92 Å². The van der Waals surface area contributed by atoms with Crippen LogP contribution in [0.3, 0.4) is 0 Å². The van der Waals surface area contributed by atoms with E-state index >= 15 is 0 Å². The molecule has 0 radical (unpaired) electrons. The summed E-state index contributed by atoms with van der Waals surface area (Å²) >= 11 is 0. The summed E-state index contributed by atoms with van der Waals surface area (Å²) in [5.41, 5.74) is 0.579. The predicted molar refractivity (Wildman–Crippen MR) is 86.2 cm³/mol. The molecule has 23 heavy (non-hydrogen) atoms. The molecule has 1 aromatic heterocycles. The largest absolute Gasteiger partial charge is 0.492 e. The summed E-state index contributed by atoms with van der Waals surface area (Å²) in [5, 5.41) is 2.72. The molecule has 0 aliphatic carbocycles. The highest BCUT2D eigenvalue weighted by Crippen LogP contribution is 2.28. The van der Waals surface area contributed by atoms with Crippen LogP contribution in [0.15, 0.2) is 47.1 Å². The van der Waals surface area contributed by atoms with Gasteiger partial charge in [0.25, 0.3) is 0 Å². The van der Waals surface area contributed by atoms with Crippen LogP contribution < -0.4 is 15.0 Å². The van der Waals surface area contributed by atoms with E-state index < -0.39 is 0 Å². The topological polar surface area (TPSA) is 71.8 Å². The minimum atomic E-state index is -0.275. The van der Waals surface area contributed by atoms with Crippen LogP contribution in [0.4, 0.5) is 5.69 Å². The monoisotopic (exact) mass is 316 g/mol. The molecule has 1 heterocycles. The molecule has 122 valence electrons. The molecule has 1 aromatic carbocycles. The molecule has 6 nitrogen and oxygen atoms in total. The predicted octanol–water partition coefficient (Wildman–Crippen LogP) is 2.35. The summed E-state index contributed by atoms with van der Waals surface area (Å²) in [7, 11) is 0. The molecule has 0 aliphatic heterocycles. The van der Waals surface area contributed by atoms with E-state index in [-0.39, 0.29) is 24.9 Å². The van der Waals surface area contributed by atoms with Crippen molar-refractivity contribution in [2.75, 3.05) is 18.1 Å². The van der Waals surface area contributed by atoms with Gasteiger partial charge in [0.15, 0.2) is 0 Å². The third-order valence-electron chi connectivity index (χ3n) is 3.18. The lowest BCUT2D eigenvalue weighted by Gasteiger charge is -2.23. The fourth-order valence-electron chi connectivity index (χ4n) is 2.12. The van der Waals surface area contributed by atoms with E-state index in [9.17, 15) is 9.59 Å². The lowest BCUT2D eigenvalue weighted by molar-refractivity contribution is -0.123. The quantitative estimate of drug-likeness (QED) is 0.851. The van der Waals surface area contributed by atoms with Gasteiger partial charge in [-0.05, 0) is 31.2 Å². The van der Waals surface area contributed by atoms with Crippen LogP contribution in [-0.4, -0.2) is 25.0 Å². The molecule has 0 aliphatic rings. The van der Waals surface area contributed by atoms with Gasteiger partial charge >= 0.3 is 0 Å². The first-order valence-corrected chi connectivity index (χ1v) is 7.40. The van der Waals surface area contributed by atoms with Gasteiger partial charge in [0.05, 0.1) is 25.1 Å². The highest BCUT2D eigenvalue weighted by atomic mass is 16.5. The summed E-state index contributed by atoms with van der Waals surface area (Å²) in [6.45, 7) is 3.96. The van der Waals surface area contributed by atoms with E-state index in [1.54, 1.807) is 36.6 Å². The molecule has 0 saturated carbocycles. The number of furan rings is 1. The number of nitrogens with one attached hydrogen (secondary N) is 1. The van der Waals surface area contributed by atoms with Crippen LogP contribution in [0.2, 0.25) is 0 Å². The van der Waals surface area contributed by atoms with E-state index in [1.165, 1.54) is 11.8 Å². The van der Waals surface area contributed by atoms with Gasteiger partial charge in [-0.2, -0.15) is 0 Å². The minimum absolute atomic E-state index is 0.0832. The zero-order valence-electron chi connectivity index (χ0n) is 13.2. The van der Waals surface area contributed by atoms with Crippen LogP contribution in [0, 0.1) is 0 Å². The molecule has 0 fully saturated rings. The SMILES string of the molecule is CCOc1ccccc1N(CC(=O)NCc1ccco1)C(C)=O. The van der Waals surface area contributed by atoms with Gasteiger partial charge in [0.1, 0.15) is 18.1 Å². The number of hydrogen-bond acceptors (Lipinski definition) is 4. The van der Waals surface area contributed by atoms with Crippen LogP contribution in [0.5, 0.6) is 5.75 Å². The van der Waals surface area contributed by atoms with Crippen LogP contribution in [0.25, 0.3) is 0 Å². The number of rotatable bonds is 7. The Kier molecular flexibility index (Phi) is 5.80. The number of carbonyl (C=O) groups excluding carboxylic acids is 2. The van der Waals surface area contributed by atoms with Crippen LogP contribution in [-0.2, 0) is 16.1 Å². The molecule has 6 heteroatoms. The zero-order chi connectivity index (χ0) is 16.7. The lowest BCUT2D eigenvalue weighted by atomic mass is 10.2. The van der Waals surface area contributed by atoms with Crippen LogP contribution >= 0.6 is 0 Å². The Morgan fingerprint density at radius 2 is 2.00 bits per heavy atom. The highest BCUT2D eigenvalue weighted by Gasteiger charge is 2.19. The maximum atomic E-state index is 12.1. The molecule has 1 N–H and O–H groups in total. The number of para-hydroxylation sites is 2. The Balaban J connectivity index is 2.06. The van der Waals surface area contributed by atoms with Gasteiger partial charge in [-0.15, -0.1) is 0 Å². The average molecular weight is 316 g/mol. The molecule has 2 aromatic rings. The van der Waals surface area contributed by atoms with Gasteiger partial charge in [-0.25, -0.2) is 0 Å². The minimum Gasteiger partial charge on any atom is -0.492 e. The van der Waals surface area contributed by atoms with Gasteiger partial charge in [0.2, 0.25) is 11.8 Å². The van der Waals surface area contributed by atoms with Gasteiger partial charge in [-0.1, -0.05) is 12.1 Å². The molecular formula is C17H20N2O4. The van der Waals surface area contributed by atoms with Crippen molar-refractivity contribution < 1.29 is 18.7 Å². The van der Waals surface area contributed by atoms with E-state index in [4.69, 9.17) is 9.15 Å². The van der Waals surface area contributed by atoms with E-state index in [0.717, 1.165) is 0 Å². The number of amides is 2. The van der Waals surface area contributed by atoms with Gasteiger partial charge in [-0.3, -0.25) is 14.5 Å². The first kappa shape index (κ1) is 16.6. The number of anilines is 1. The Morgan fingerprint density at radius 1 is 1.22 bits per heavy atom. The van der Waals surface area contributed by atoms with Crippen molar-refractivity contribution in [1.29, 1.82) is 0 Å². The van der Waals surface area contributed by atoms with E-state index in [0.29, 0.717) is 23.8 Å². The molecule has 0 spiro atoms. The van der Waals surface area contributed by atoms with Crippen molar-refractivity contribution in [2.24, 2.45) is 0 Å². The second-order valence-electron chi connectivity index (χ2n) is 4.86. The summed E-state index contributed by atoms with van der Waals surface area (Å²) in [6.07, 6.45) is 1.54. The molecule has 0 saturated heterocycles.